The Morgan fingerprint density at radius 1 is 1.44 bits per heavy atom. The number of benzene rings is 1. The van der Waals surface area contributed by atoms with E-state index in [-0.39, 0.29) is 11.8 Å². The van der Waals surface area contributed by atoms with Crippen molar-refractivity contribution in [3.8, 4) is 0 Å². The van der Waals surface area contributed by atoms with E-state index in [9.17, 15) is 9.90 Å². The van der Waals surface area contributed by atoms with Crippen molar-refractivity contribution in [3.05, 3.63) is 35.9 Å². The second kappa shape index (κ2) is 4.66. The van der Waals surface area contributed by atoms with Crippen molar-refractivity contribution >= 4 is 5.91 Å². The van der Waals surface area contributed by atoms with Crippen molar-refractivity contribution in [2.75, 3.05) is 6.54 Å². The van der Waals surface area contributed by atoms with E-state index in [4.69, 9.17) is 0 Å². The first-order chi connectivity index (χ1) is 7.66. The minimum atomic E-state index is -0.398. The minimum absolute atomic E-state index is 0.0937. The number of hydrogen-bond acceptors (Lipinski definition) is 2. The van der Waals surface area contributed by atoms with E-state index in [1.54, 1.807) is 6.92 Å². The van der Waals surface area contributed by atoms with Crippen molar-refractivity contribution in [2.24, 2.45) is 5.92 Å². The van der Waals surface area contributed by atoms with Gasteiger partial charge in [-0.25, -0.2) is 0 Å². The molecule has 0 aromatic heterocycles. The van der Waals surface area contributed by atoms with E-state index in [1.165, 1.54) is 0 Å². The fraction of sp³-hybridized carbons (Fsp3) is 0.462. The molecule has 1 aliphatic heterocycles. The number of carbonyl (C=O) groups is 1. The van der Waals surface area contributed by atoms with Gasteiger partial charge in [-0.3, -0.25) is 4.79 Å². The van der Waals surface area contributed by atoms with Crippen LogP contribution in [0.25, 0.3) is 0 Å². The summed E-state index contributed by atoms with van der Waals surface area (Å²) in [7, 11) is 0. The van der Waals surface area contributed by atoms with E-state index in [0.717, 1.165) is 5.56 Å². The molecule has 1 saturated heterocycles. The van der Waals surface area contributed by atoms with E-state index < -0.39 is 6.10 Å². The molecule has 86 valence electrons. The number of rotatable bonds is 3. The predicted molar refractivity (Wildman–Crippen MR) is 61.6 cm³/mol. The molecule has 1 N–H and O–H groups in total. The van der Waals surface area contributed by atoms with Crippen LogP contribution in [0.5, 0.6) is 0 Å². The molecular formula is C13H17NO2. The number of carbonyl (C=O) groups excluding carboxylic acids is 1. The quantitative estimate of drug-likeness (QED) is 0.835. The fourth-order valence-corrected chi connectivity index (χ4v) is 2.08. The smallest absolute Gasteiger partial charge is 0.223 e. The molecule has 1 aliphatic rings. The summed E-state index contributed by atoms with van der Waals surface area (Å²) in [5, 5.41) is 9.47. The Morgan fingerprint density at radius 2 is 2.12 bits per heavy atom. The van der Waals surface area contributed by atoms with Gasteiger partial charge in [-0.05, 0) is 12.5 Å². The number of aliphatic hydroxyl groups is 1. The molecule has 2 rings (SSSR count). The maximum absolute atomic E-state index is 11.7. The number of aliphatic hydroxyl groups excluding tert-OH is 1. The van der Waals surface area contributed by atoms with Gasteiger partial charge in [0.2, 0.25) is 5.91 Å². The molecule has 1 fully saturated rings. The number of amides is 1. The third-order valence-electron chi connectivity index (χ3n) is 3.14. The number of likely N-dealkylation sites (tertiary alicyclic amines) is 1. The molecule has 0 saturated carbocycles. The topological polar surface area (TPSA) is 40.5 Å². The largest absolute Gasteiger partial charge is 0.393 e. The van der Waals surface area contributed by atoms with E-state index >= 15 is 0 Å². The SMILES string of the molecule is C[C@H](O)C1CC(=O)N(Cc2ccccc2)C1. The Kier molecular flexibility index (Phi) is 3.25. The lowest BCUT2D eigenvalue weighted by molar-refractivity contribution is -0.128. The van der Waals surface area contributed by atoms with Gasteiger partial charge in [-0.1, -0.05) is 30.3 Å². The van der Waals surface area contributed by atoms with Crippen molar-refractivity contribution < 1.29 is 9.90 Å². The van der Waals surface area contributed by atoms with Gasteiger partial charge in [-0.2, -0.15) is 0 Å². The lowest BCUT2D eigenvalue weighted by Crippen LogP contribution is -2.26. The van der Waals surface area contributed by atoms with Crippen LogP contribution in [0.1, 0.15) is 18.9 Å². The molecule has 1 aromatic rings. The Hall–Kier alpha value is -1.35. The molecule has 1 aromatic carbocycles. The lowest BCUT2D eigenvalue weighted by Gasteiger charge is -2.17. The maximum atomic E-state index is 11.7. The van der Waals surface area contributed by atoms with Gasteiger partial charge in [0.25, 0.3) is 0 Å². The zero-order valence-electron chi connectivity index (χ0n) is 9.47. The average molecular weight is 219 g/mol. The standard InChI is InChI=1S/C13H17NO2/c1-10(15)12-7-13(16)14(9-12)8-11-5-3-2-4-6-11/h2-6,10,12,15H,7-9H2,1H3/t10-,12?/m0/s1. The second-order valence-electron chi connectivity index (χ2n) is 4.46. The van der Waals surface area contributed by atoms with Crippen LogP contribution in [-0.4, -0.2) is 28.6 Å². The van der Waals surface area contributed by atoms with Gasteiger partial charge in [-0.15, -0.1) is 0 Å². The van der Waals surface area contributed by atoms with Gasteiger partial charge < -0.3 is 10.0 Å². The molecular weight excluding hydrogens is 202 g/mol. The van der Waals surface area contributed by atoms with Crippen molar-refractivity contribution in [1.82, 2.24) is 4.90 Å². The van der Waals surface area contributed by atoms with Crippen LogP contribution in [0.4, 0.5) is 0 Å². The summed E-state index contributed by atoms with van der Waals surface area (Å²) in [5.41, 5.74) is 1.14. The molecule has 16 heavy (non-hydrogen) atoms. The highest BCUT2D eigenvalue weighted by atomic mass is 16.3. The van der Waals surface area contributed by atoms with Gasteiger partial charge >= 0.3 is 0 Å². The summed E-state index contributed by atoms with van der Waals surface area (Å²) in [6.07, 6.45) is 0.0783. The molecule has 0 aliphatic carbocycles. The van der Waals surface area contributed by atoms with Crippen molar-refractivity contribution in [3.63, 3.8) is 0 Å². The molecule has 0 radical (unpaired) electrons. The van der Waals surface area contributed by atoms with Gasteiger partial charge in [0.05, 0.1) is 6.10 Å². The van der Waals surface area contributed by atoms with Gasteiger partial charge in [0.1, 0.15) is 0 Å². The van der Waals surface area contributed by atoms with Crippen LogP contribution >= 0.6 is 0 Å². The minimum Gasteiger partial charge on any atom is -0.393 e. The number of nitrogens with zero attached hydrogens (tertiary/aromatic N) is 1. The summed E-state index contributed by atoms with van der Waals surface area (Å²) in [4.78, 5) is 13.5. The van der Waals surface area contributed by atoms with E-state index in [2.05, 4.69) is 0 Å². The molecule has 0 bridgehead atoms. The average Bonchev–Trinajstić information content (AvgIpc) is 2.62. The Bertz CT molecular complexity index is 361. The first kappa shape index (κ1) is 11.1. The monoisotopic (exact) mass is 219 g/mol. The van der Waals surface area contributed by atoms with E-state index in [1.807, 2.05) is 35.2 Å². The normalized spacial score (nSPS) is 22.5. The van der Waals surface area contributed by atoms with Crippen LogP contribution in [0.2, 0.25) is 0 Å². The fourth-order valence-electron chi connectivity index (χ4n) is 2.08. The van der Waals surface area contributed by atoms with Crippen LogP contribution in [0.3, 0.4) is 0 Å². The Labute approximate surface area is 95.7 Å². The van der Waals surface area contributed by atoms with Crippen LogP contribution in [0.15, 0.2) is 30.3 Å². The van der Waals surface area contributed by atoms with Gasteiger partial charge in [0, 0.05) is 25.4 Å². The zero-order valence-corrected chi connectivity index (χ0v) is 9.47. The lowest BCUT2D eigenvalue weighted by atomic mass is 10.0. The van der Waals surface area contributed by atoms with Crippen molar-refractivity contribution in [2.45, 2.75) is 26.0 Å². The summed E-state index contributed by atoms with van der Waals surface area (Å²) in [6.45, 7) is 3.08. The van der Waals surface area contributed by atoms with Crippen LogP contribution < -0.4 is 0 Å². The zero-order chi connectivity index (χ0) is 11.5. The Morgan fingerprint density at radius 3 is 2.69 bits per heavy atom. The van der Waals surface area contributed by atoms with E-state index in [0.29, 0.717) is 19.5 Å². The molecule has 1 heterocycles. The predicted octanol–water partition coefficient (Wildman–Crippen LogP) is 1.42. The highest BCUT2D eigenvalue weighted by molar-refractivity contribution is 5.78. The summed E-state index contributed by atoms with van der Waals surface area (Å²) in [6, 6.07) is 9.95. The highest BCUT2D eigenvalue weighted by Gasteiger charge is 2.31. The highest BCUT2D eigenvalue weighted by Crippen LogP contribution is 2.22. The molecule has 1 amide bonds. The summed E-state index contributed by atoms with van der Waals surface area (Å²) >= 11 is 0. The molecule has 0 spiro atoms. The first-order valence-corrected chi connectivity index (χ1v) is 5.66. The molecule has 2 atom stereocenters. The maximum Gasteiger partial charge on any atom is 0.223 e. The molecule has 3 heteroatoms. The third-order valence-corrected chi connectivity index (χ3v) is 3.14. The van der Waals surface area contributed by atoms with Crippen molar-refractivity contribution in [1.29, 1.82) is 0 Å². The second-order valence-corrected chi connectivity index (χ2v) is 4.46. The summed E-state index contributed by atoms with van der Waals surface area (Å²) in [5.74, 6) is 0.242. The molecule has 1 unspecified atom stereocenters. The third kappa shape index (κ3) is 2.42. The van der Waals surface area contributed by atoms with Crippen LogP contribution in [0, 0.1) is 5.92 Å². The van der Waals surface area contributed by atoms with Crippen LogP contribution in [-0.2, 0) is 11.3 Å². The summed E-state index contributed by atoms with van der Waals surface area (Å²) < 4.78 is 0. The Balaban J connectivity index is 1.99. The number of hydrogen-bond donors (Lipinski definition) is 1. The molecule has 3 nitrogen and oxygen atoms in total. The van der Waals surface area contributed by atoms with Gasteiger partial charge in [0.15, 0.2) is 0 Å². The first-order valence-electron chi connectivity index (χ1n) is 5.66.